The zero-order valence-corrected chi connectivity index (χ0v) is 17.9. The second-order valence-corrected chi connectivity index (χ2v) is 4.93. The SMILES string of the molecule is C=C/C(=C\NCc1ccc([CH2-])c(C(F)P)c1)C(=O)OCC.[U]. The first-order chi connectivity index (χ1) is 9.99. The maximum absolute atomic E-state index is 13.4. The minimum absolute atomic E-state index is 0. The summed E-state index contributed by atoms with van der Waals surface area (Å²) in [6.07, 6.45) is 2.96. The van der Waals surface area contributed by atoms with Gasteiger partial charge < -0.3 is 10.1 Å². The van der Waals surface area contributed by atoms with E-state index in [-0.39, 0.29) is 31.1 Å². The molecule has 2 unspecified atom stereocenters. The largest absolute Gasteiger partial charge is 0.462 e. The van der Waals surface area contributed by atoms with E-state index in [2.05, 4.69) is 28.1 Å². The second-order valence-electron chi connectivity index (χ2n) is 4.34. The van der Waals surface area contributed by atoms with Crippen LogP contribution in [0.3, 0.4) is 0 Å². The van der Waals surface area contributed by atoms with Gasteiger partial charge in [-0.3, -0.25) is 4.39 Å². The van der Waals surface area contributed by atoms with Gasteiger partial charge in [-0.25, -0.2) is 4.79 Å². The number of carbonyl (C=O) groups is 1. The Morgan fingerprint density at radius 1 is 1.59 bits per heavy atom. The van der Waals surface area contributed by atoms with Gasteiger partial charge in [-0.15, -0.1) is 26.9 Å². The Balaban J connectivity index is 0.00000441. The molecule has 1 N–H and O–H groups in total. The Bertz CT molecular complexity index is 547. The van der Waals surface area contributed by atoms with E-state index in [1.165, 1.54) is 12.3 Å². The summed E-state index contributed by atoms with van der Waals surface area (Å²) in [4.78, 5) is 11.5. The molecule has 1 rings (SSSR count). The van der Waals surface area contributed by atoms with Gasteiger partial charge in [0.05, 0.1) is 18.1 Å². The van der Waals surface area contributed by atoms with Gasteiger partial charge in [0, 0.05) is 43.9 Å². The van der Waals surface area contributed by atoms with Crippen LogP contribution in [0, 0.1) is 38.0 Å². The molecule has 0 aliphatic heterocycles. The number of halogens is 1. The molecule has 22 heavy (non-hydrogen) atoms. The summed E-state index contributed by atoms with van der Waals surface area (Å²) in [5.74, 6) is -1.57. The first-order valence-corrected chi connectivity index (χ1v) is 7.23. The molecule has 118 valence electrons. The van der Waals surface area contributed by atoms with Crippen LogP contribution in [0.5, 0.6) is 0 Å². The van der Waals surface area contributed by atoms with Crippen molar-refractivity contribution < 1.29 is 45.0 Å². The van der Waals surface area contributed by atoms with Gasteiger partial charge >= 0.3 is 5.97 Å². The average Bonchev–Trinajstić information content (AvgIpc) is 2.45. The molecule has 0 amide bonds. The van der Waals surface area contributed by atoms with Crippen LogP contribution in [0.4, 0.5) is 4.39 Å². The van der Waals surface area contributed by atoms with Crippen molar-refractivity contribution >= 4 is 15.2 Å². The number of ether oxygens (including phenoxy) is 1. The van der Waals surface area contributed by atoms with Crippen LogP contribution in [0.2, 0.25) is 0 Å². The van der Waals surface area contributed by atoms with Crippen LogP contribution < -0.4 is 5.32 Å². The van der Waals surface area contributed by atoms with Gasteiger partial charge in [0.15, 0.2) is 0 Å². The predicted octanol–water partition coefficient (Wildman–Crippen LogP) is 3.43. The van der Waals surface area contributed by atoms with E-state index in [0.29, 0.717) is 29.9 Å². The summed E-state index contributed by atoms with van der Waals surface area (Å²) < 4.78 is 18.3. The Labute approximate surface area is 157 Å². The quantitative estimate of drug-likeness (QED) is 0.187. The van der Waals surface area contributed by atoms with Crippen LogP contribution in [-0.2, 0) is 16.1 Å². The molecule has 1 aromatic rings. The van der Waals surface area contributed by atoms with Crippen LogP contribution in [0.1, 0.15) is 29.5 Å². The van der Waals surface area contributed by atoms with E-state index in [0.717, 1.165) is 5.56 Å². The average molecular weight is 546 g/mol. The van der Waals surface area contributed by atoms with Crippen molar-refractivity contribution in [2.75, 3.05) is 6.61 Å². The van der Waals surface area contributed by atoms with E-state index in [9.17, 15) is 9.18 Å². The zero-order chi connectivity index (χ0) is 15.8. The second kappa shape index (κ2) is 10.9. The molecule has 0 bridgehead atoms. The van der Waals surface area contributed by atoms with Crippen LogP contribution in [0.25, 0.3) is 0 Å². The van der Waals surface area contributed by atoms with Crippen LogP contribution in [0.15, 0.2) is 42.6 Å². The third-order valence-corrected chi connectivity index (χ3v) is 3.16. The third-order valence-electron chi connectivity index (χ3n) is 2.80. The fourth-order valence-corrected chi connectivity index (χ4v) is 2.02. The van der Waals surface area contributed by atoms with Crippen molar-refractivity contribution in [3.63, 3.8) is 0 Å². The number of hydrogen-bond acceptors (Lipinski definition) is 3. The number of benzene rings is 1. The maximum atomic E-state index is 13.4. The molecule has 2 atom stereocenters. The first-order valence-electron chi connectivity index (χ1n) is 6.57. The fourth-order valence-electron chi connectivity index (χ4n) is 1.71. The molecule has 0 heterocycles. The summed E-state index contributed by atoms with van der Waals surface area (Å²) in [7, 11) is 2.11. The molecule has 0 aliphatic rings. The molecule has 0 saturated carbocycles. The topological polar surface area (TPSA) is 38.3 Å². The van der Waals surface area contributed by atoms with Crippen LogP contribution >= 0.6 is 9.24 Å². The van der Waals surface area contributed by atoms with Crippen molar-refractivity contribution in [3.8, 4) is 0 Å². The van der Waals surface area contributed by atoms with Gasteiger partial charge in [-0.05, 0) is 6.92 Å². The number of carbonyl (C=O) groups excluding carboxylic acids is 1. The smallest absolute Gasteiger partial charge is 0.339 e. The Morgan fingerprint density at radius 2 is 2.27 bits per heavy atom. The molecule has 0 radical (unpaired) electrons. The van der Waals surface area contributed by atoms with E-state index >= 15 is 0 Å². The van der Waals surface area contributed by atoms with Crippen molar-refractivity contribution in [1.82, 2.24) is 5.32 Å². The predicted molar refractivity (Wildman–Crippen MR) is 86.2 cm³/mol. The first kappa shape index (κ1) is 21.3. The normalized spacial score (nSPS) is 12.0. The minimum atomic E-state index is -1.14. The number of esters is 1. The van der Waals surface area contributed by atoms with Crippen molar-refractivity contribution in [2.24, 2.45) is 0 Å². The van der Waals surface area contributed by atoms with Crippen molar-refractivity contribution in [3.05, 3.63) is 66.2 Å². The summed E-state index contributed by atoms with van der Waals surface area (Å²) in [6, 6.07) is 5.38. The summed E-state index contributed by atoms with van der Waals surface area (Å²) >= 11 is 0. The van der Waals surface area contributed by atoms with Gasteiger partial charge in [0.25, 0.3) is 0 Å². The van der Waals surface area contributed by atoms with E-state index in [4.69, 9.17) is 4.74 Å². The number of alkyl halides is 1. The molecule has 0 fully saturated rings. The van der Waals surface area contributed by atoms with E-state index < -0.39 is 11.9 Å². The molecule has 0 spiro atoms. The summed E-state index contributed by atoms with van der Waals surface area (Å²) in [5.41, 5.74) is 2.44. The monoisotopic (exact) mass is 546 g/mol. The molecule has 0 saturated heterocycles. The molecular formula is C16H20FNO2PU-. The van der Waals surface area contributed by atoms with Crippen molar-refractivity contribution in [2.45, 2.75) is 19.4 Å². The number of rotatable bonds is 7. The Morgan fingerprint density at radius 3 is 2.82 bits per heavy atom. The van der Waals surface area contributed by atoms with Gasteiger partial charge in [-0.1, -0.05) is 18.2 Å². The number of nitrogens with one attached hydrogen (secondary N) is 1. The van der Waals surface area contributed by atoms with Crippen LogP contribution in [-0.4, -0.2) is 12.6 Å². The number of hydrogen-bond donors (Lipinski definition) is 1. The minimum Gasteiger partial charge on any atom is -0.462 e. The molecule has 6 heteroatoms. The van der Waals surface area contributed by atoms with Gasteiger partial charge in [-0.2, -0.15) is 18.6 Å². The van der Waals surface area contributed by atoms with E-state index in [1.54, 1.807) is 19.1 Å². The van der Waals surface area contributed by atoms with Gasteiger partial charge in [0.1, 0.15) is 0 Å². The summed E-state index contributed by atoms with van der Waals surface area (Å²) in [6.45, 7) is 9.87. The fraction of sp³-hybridized carbons (Fsp3) is 0.250. The van der Waals surface area contributed by atoms with Crippen molar-refractivity contribution in [1.29, 1.82) is 0 Å². The Hall–Kier alpha value is -0.748. The van der Waals surface area contributed by atoms with Gasteiger partial charge in [0.2, 0.25) is 0 Å². The molecule has 0 aliphatic carbocycles. The Kier molecular flexibility index (Phi) is 10.5. The standard InChI is InChI=1S/C16H20FNO2P.U/c1-4-13(16(19)20-5-2)10-18-9-12-7-6-11(3)14(8-12)15(17)21;/h4,6-8,10,15,18H,1,3,5,9,21H2,2H3;/q-1;/b13-10+;. The third kappa shape index (κ3) is 6.57. The summed E-state index contributed by atoms with van der Waals surface area (Å²) in [5, 5.41) is 2.99. The molecule has 3 nitrogen and oxygen atoms in total. The molecule has 1 aromatic carbocycles. The molecule has 0 aromatic heterocycles. The van der Waals surface area contributed by atoms with E-state index in [1.807, 2.05) is 6.07 Å². The zero-order valence-electron chi connectivity index (χ0n) is 12.6. The maximum Gasteiger partial charge on any atom is 0.339 e. The molecular weight excluding hydrogens is 526 g/mol.